The molecule has 0 aliphatic carbocycles. The molecule has 0 bridgehead atoms. The van der Waals surface area contributed by atoms with Crippen molar-refractivity contribution in [1.82, 2.24) is 0 Å². The molecular weight excluding hydrogens is 289 g/mol. The minimum atomic E-state index is -4.69. The van der Waals surface area contributed by atoms with Crippen LogP contribution in [0.25, 0.3) is 0 Å². The molecule has 0 aliphatic heterocycles. The van der Waals surface area contributed by atoms with Crippen LogP contribution in [0, 0.1) is 0 Å². The van der Waals surface area contributed by atoms with Crippen molar-refractivity contribution in [3.8, 4) is 5.75 Å². The Bertz CT molecular complexity index is 359. The van der Waals surface area contributed by atoms with E-state index in [1.807, 2.05) is 0 Å². The maximum absolute atomic E-state index is 11.8. The van der Waals surface area contributed by atoms with Gasteiger partial charge in [0.25, 0.3) is 0 Å². The molecule has 0 spiro atoms. The Labute approximate surface area is 98.5 Å². The van der Waals surface area contributed by atoms with Gasteiger partial charge in [-0.2, -0.15) is 0 Å². The summed E-state index contributed by atoms with van der Waals surface area (Å²) in [6, 6.07) is 5.23. The number of carbonyl (C=O) groups excluding carboxylic acids is 1. The van der Waals surface area contributed by atoms with Crippen molar-refractivity contribution in [3.05, 3.63) is 29.8 Å². The molecule has 2 nitrogen and oxygen atoms in total. The summed E-state index contributed by atoms with van der Waals surface area (Å²) in [4.78, 5) is 11.0. The number of ketones is 1. The van der Waals surface area contributed by atoms with Crippen LogP contribution in [0.4, 0.5) is 13.2 Å². The van der Waals surface area contributed by atoms with E-state index < -0.39 is 6.36 Å². The molecule has 16 heavy (non-hydrogen) atoms. The Morgan fingerprint density at radius 1 is 1.25 bits per heavy atom. The molecule has 88 valence electrons. The first-order valence-corrected chi connectivity index (χ1v) is 5.45. The smallest absolute Gasteiger partial charge is 0.406 e. The Balaban J connectivity index is 2.64. The number of hydrogen-bond acceptors (Lipinski definition) is 2. The highest BCUT2D eigenvalue weighted by atomic mass is 79.9. The highest BCUT2D eigenvalue weighted by molar-refractivity contribution is 9.09. The van der Waals surface area contributed by atoms with Gasteiger partial charge in [0.15, 0.2) is 0 Å². The van der Waals surface area contributed by atoms with Gasteiger partial charge in [-0.25, -0.2) is 0 Å². The molecule has 0 atom stereocenters. The number of Topliss-reactive ketones (excluding diaryl/α,β-unsaturated/α-hetero) is 1. The number of carbonyl (C=O) groups is 1. The second kappa shape index (κ2) is 5.34. The highest BCUT2D eigenvalue weighted by Crippen LogP contribution is 2.22. The molecule has 0 amide bonds. The Morgan fingerprint density at radius 3 is 2.25 bits per heavy atom. The molecule has 6 heteroatoms. The monoisotopic (exact) mass is 296 g/mol. The quantitative estimate of drug-likeness (QED) is 0.798. The standard InChI is InChI=1S/C10H8BrF3O2/c11-6-8(15)5-7-1-3-9(4-2-7)16-10(12,13)14/h1-4H,5-6H2. The lowest BCUT2D eigenvalue weighted by molar-refractivity contribution is -0.274. The number of rotatable bonds is 4. The zero-order chi connectivity index (χ0) is 12.2. The Hall–Kier alpha value is -1.04. The molecule has 1 aromatic rings. The van der Waals surface area contributed by atoms with E-state index in [0.29, 0.717) is 5.56 Å². The highest BCUT2D eigenvalue weighted by Gasteiger charge is 2.30. The van der Waals surface area contributed by atoms with Gasteiger partial charge >= 0.3 is 6.36 Å². The van der Waals surface area contributed by atoms with Gasteiger partial charge in [0, 0.05) is 6.42 Å². The van der Waals surface area contributed by atoms with Crippen molar-refractivity contribution >= 4 is 21.7 Å². The van der Waals surface area contributed by atoms with Gasteiger partial charge in [0.1, 0.15) is 11.5 Å². The van der Waals surface area contributed by atoms with E-state index in [4.69, 9.17) is 0 Å². The summed E-state index contributed by atoms with van der Waals surface area (Å²) >= 11 is 3.00. The topological polar surface area (TPSA) is 26.3 Å². The zero-order valence-corrected chi connectivity index (χ0v) is 9.64. The van der Waals surface area contributed by atoms with Crippen LogP contribution < -0.4 is 4.74 Å². The van der Waals surface area contributed by atoms with Gasteiger partial charge < -0.3 is 4.74 Å². The number of alkyl halides is 4. The molecule has 0 fully saturated rings. The average molecular weight is 297 g/mol. The normalized spacial score (nSPS) is 11.2. The lowest BCUT2D eigenvalue weighted by atomic mass is 10.1. The number of halogens is 4. The third-order valence-electron chi connectivity index (χ3n) is 1.71. The van der Waals surface area contributed by atoms with Gasteiger partial charge in [-0.1, -0.05) is 28.1 Å². The van der Waals surface area contributed by atoms with E-state index in [0.717, 1.165) is 0 Å². The van der Waals surface area contributed by atoms with Crippen LogP contribution in [-0.2, 0) is 11.2 Å². The van der Waals surface area contributed by atoms with E-state index in [9.17, 15) is 18.0 Å². The molecule has 0 aromatic heterocycles. The zero-order valence-electron chi connectivity index (χ0n) is 8.05. The van der Waals surface area contributed by atoms with Crippen LogP contribution in [0.3, 0.4) is 0 Å². The third-order valence-corrected chi connectivity index (χ3v) is 2.33. The SMILES string of the molecule is O=C(CBr)Cc1ccc(OC(F)(F)F)cc1. The van der Waals surface area contributed by atoms with E-state index in [1.165, 1.54) is 24.3 Å². The summed E-state index contributed by atoms with van der Waals surface area (Å²) in [6.45, 7) is 0. The van der Waals surface area contributed by atoms with Crippen LogP contribution in [-0.4, -0.2) is 17.5 Å². The van der Waals surface area contributed by atoms with Gasteiger partial charge in [0.2, 0.25) is 0 Å². The summed E-state index contributed by atoms with van der Waals surface area (Å²) in [6.07, 6.45) is -4.50. The predicted molar refractivity (Wildman–Crippen MR) is 55.6 cm³/mol. The minimum absolute atomic E-state index is 0.0375. The largest absolute Gasteiger partial charge is 0.573 e. The van der Waals surface area contributed by atoms with Crippen molar-refractivity contribution in [3.63, 3.8) is 0 Å². The van der Waals surface area contributed by atoms with E-state index >= 15 is 0 Å². The summed E-state index contributed by atoms with van der Waals surface area (Å²) in [5, 5.41) is 0.230. The summed E-state index contributed by atoms with van der Waals surface area (Å²) < 4.78 is 39.2. The molecule has 0 heterocycles. The van der Waals surface area contributed by atoms with Crippen LogP contribution in [0.2, 0.25) is 0 Å². The average Bonchev–Trinajstić information content (AvgIpc) is 2.18. The number of ether oxygens (including phenoxy) is 1. The van der Waals surface area contributed by atoms with E-state index in [2.05, 4.69) is 20.7 Å². The van der Waals surface area contributed by atoms with Crippen molar-refractivity contribution in [2.75, 3.05) is 5.33 Å². The lowest BCUT2D eigenvalue weighted by Crippen LogP contribution is -2.17. The van der Waals surface area contributed by atoms with Crippen LogP contribution in [0.1, 0.15) is 5.56 Å². The molecule has 0 saturated carbocycles. The number of hydrogen-bond donors (Lipinski definition) is 0. The molecule has 0 aliphatic rings. The summed E-state index contributed by atoms with van der Waals surface area (Å²) in [7, 11) is 0. The second-order valence-electron chi connectivity index (χ2n) is 3.04. The fraction of sp³-hybridized carbons (Fsp3) is 0.300. The first-order valence-electron chi connectivity index (χ1n) is 4.33. The Morgan fingerprint density at radius 2 is 1.81 bits per heavy atom. The van der Waals surface area contributed by atoms with Gasteiger partial charge in [-0.05, 0) is 17.7 Å². The van der Waals surface area contributed by atoms with Crippen molar-refractivity contribution in [2.45, 2.75) is 12.8 Å². The van der Waals surface area contributed by atoms with E-state index in [-0.39, 0.29) is 23.3 Å². The molecule has 0 radical (unpaired) electrons. The fourth-order valence-electron chi connectivity index (χ4n) is 1.08. The Kier molecular flexibility index (Phi) is 4.35. The van der Waals surface area contributed by atoms with Crippen molar-refractivity contribution < 1.29 is 22.7 Å². The third kappa shape index (κ3) is 4.65. The predicted octanol–water partition coefficient (Wildman–Crippen LogP) is 3.09. The molecule has 0 unspecified atom stereocenters. The minimum Gasteiger partial charge on any atom is -0.406 e. The number of benzene rings is 1. The van der Waals surface area contributed by atoms with E-state index in [1.54, 1.807) is 0 Å². The van der Waals surface area contributed by atoms with Crippen LogP contribution in [0.5, 0.6) is 5.75 Å². The van der Waals surface area contributed by atoms with Crippen LogP contribution in [0.15, 0.2) is 24.3 Å². The van der Waals surface area contributed by atoms with Crippen LogP contribution >= 0.6 is 15.9 Å². The summed E-state index contributed by atoms with van der Waals surface area (Å²) in [5.74, 6) is -0.327. The van der Waals surface area contributed by atoms with Crippen molar-refractivity contribution in [2.24, 2.45) is 0 Å². The summed E-state index contributed by atoms with van der Waals surface area (Å²) in [5.41, 5.74) is 0.652. The van der Waals surface area contributed by atoms with Gasteiger partial charge in [-0.15, -0.1) is 13.2 Å². The maximum atomic E-state index is 11.8. The van der Waals surface area contributed by atoms with Gasteiger partial charge in [0.05, 0.1) is 5.33 Å². The molecule has 0 N–H and O–H groups in total. The molecule has 1 rings (SSSR count). The van der Waals surface area contributed by atoms with Gasteiger partial charge in [-0.3, -0.25) is 4.79 Å². The maximum Gasteiger partial charge on any atom is 0.573 e. The fourth-order valence-corrected chi connectivity index (χ4v) is 1.28. The molecule has 1 aromatic carbocycles. The first-order chi connectivity index (χ1) is 7.40. The molecular formula is C10H8BrF3O2. The second-order valence-corrected chi connectivity index (χ2v) is 3.60. The molecule has 0 saturated heterocycles. The lowest BCUT2D eigenvalue weighted by Gasteiger charge is -2.08. The first kappa shape index (κ1) is 13.0. The van der Waals surface area contributed by atoms with Crippen molar-refractivity contribution in [1.29, 1.82) is 0 Å².